The van der Waals surface area contributed by atoms with Crippen LogP contribution < -0.4 is 4.74 Å². The fraction of sp³-hybridized carbons (Fsp3) is 0.385. The third-order valence-electron chi connectivity index (χ3n) is 6.20. The van der Waals surface area contributed by atoms with E-state index in [2.05, 4.69) is 35.1 Å². The molecule has 0 aliphatic heterocycles. The number of hydrogen-bond donors (Lipinski definition) is 1. The van der Waals surface area contributed by atoms with Crippen molar-refractivity contribution in [3.8, 4) is 28.1 Å². The summed E-state index contributed by atoms with van der Waals surface area (Å²) in [6.07, 6.45) is 6.52. The second-order valence-electron chi connectivity index (χ2n) is 8.50. The van der Waals surface area contributed by atoms with Crippen LogP contribution in [-0.2, 0) is 16.1 Å². The average Bonchev–Trinajstić information content (AvgIpc) is 3.24. The van der Waals surface area contributed by atoms with Crippen molar-refractivity contribution >= 4 is 5.97 Å². The minimum Gasteiger partial charge on any atom is -0.497 e. The van der Waals surface area contributed by atoms with Crippen LogP contribution in [0.3, 0.4) is 0 Å². The molecular formula is C26H30N2O4. The van der Waals surface area contributed by atoms with E-state index in [4.69, 9.17) is 19.7 Å². The number of hydrogen-bond acceptors (Lipinski definition) is 4. The lowest BCUT2D eigenvalue weighted by Gasteiger charge is -2.28. The summed E-state index contributed by atoms with van der Waals surface area (Å²) in [6, 6.07) is 18.4. The van der Waals surface area contributed by atoms with Crippen molar-refractivity contribution in [3.05, 3.63) is 60.8 Å². The Morgan fingerprint density at radius 2 is 1.69 bits per heavy atom. The van der Waals surface area contributed by atoms with Crippen molar-refractivity contribution < 1.29 is 19.4 Å². The summed E-state index contributed by atoms with van der Waals surface area (Å²) in [5, 5.41) is 13.7. The Labute approximate surface area is 188 Å². The van der Waals surface area contributed by atoms with Crippen molar-refractivity contribution in [2.45, 2.75) is 32.2 Å². The van der Waals surface area contributed by atoms with Gasteiger partial charge in [-0.05, 0) is 55.2 Å². The lowest BCUT2D eigenvalue weighted by Crippen LogP contribution is -2.23. The van der Waals surface area contributed by atoms with Gasteiger partial charge >= 0.3 is 5.97 Å². The van der Waals surface area contributed by atoms with Gasteiger partial charge in [0, 0.05) is 23.9 Å². The summed E-state index contributed by atoms with van der Waals surface area (Å²) in [4.78, 5) is 10.6. The van der Waals surface area contributed by atoms with Gasteiger partial charge in [0.15, 0.2) is 0 Å². The highest BCUT2D eigenvalue weighted by molar-refractivity contribution is 5.80. The standard InChI is InChI=1S/C26H30N2O4/c1-31-23-13-11-21(12-14-23)24-16-28(27-26(24)22-5-3-2-4-6-22)15-19-7-9-20(10-8-19)17-32-18-25(29)30/h2-6,11-14,16,19-20H,7-10,15,17-18H2,1H3,(H,29,30)/t19-,20+. The molecule has 6 nitrogen and oxygen atoms in total. The van der Waals surface area contributed by atoms with Gasteiger partial charge in [0.1, 0.15) is 18.1 Å². The maximum Gasteiger partial charge on any atom is 0.329 e. The normalized spacial score (nSPS) is 18.4. The molecule has 0 bridgehead atoms. The maximum atomic E-state index is 10.6. The highest BCUT2D eigenvalue weighted by atomic mass is 16.5. The number of nitrogens with zero attached hydrogens (tertiary/aromatic N) is 2. The van der Waals surface area contributed by atoms with E-state index >= 15 is 0 Å². The molecule has 0 amide bonds. The number of carbonyl (C=O) groups is 1. The predicted octanol–water partition coefficient (Wildman–Crippen LogP) is 5.13. The largest absolute Gasteiger partial charge is 0.497 e. The first kappa shape index (κ1) is 22.1. The molecule has 1 saturated carbocycles. The van der Waals surface area contributed by atoms with Gasteiger partial charge in [0.2, 0.25) is 0 Å². The SMILES string of the molecule is COc1ccc(-c2cn(C[C@H]3CC[C@@H](COCC(=O)O)CC3)nc2-c2ccccc2)cc1. The van der Waals surface area contributed by atoms with Gasteiger partial charge in [0.25, 0.3) is 0 Å². The number of methoxy groups -OCH3 is 1. The van der Waals surface area contributed by atoms with Gasteiger partial charge < -0.3 is 14.6 Å². The molecule has 1 N–H and O–H groups in total. The number of carboxylic acid groups (broad SMARTS) is 1. The van der Waals surface area contributed by atoms with Crippen LogP contribution in [0.4, 0.5) is 0 Å². The van der Waals surface area contributed by atoms with E-state index in [-0.39, 0.29) is 6.61 Å². The third-order valence-corrected chi connectivity index (χ3v) is 6.20. The Kier molecular flexibility index (Phi) is 7.22. The van der Waals surface area contributed by atoms with Crippen molar-refractivity contribution in [1.82, 2.24) is 9.78 Å². The van der Waals surface area contributed by atoms with Crippen LogP contribution in [0.25, 0.3) is 22.4 Å². The lowest BCUT2D eigenvalue weighted by atomic mass is 9.82. The second kappa shape index (κ2) is 10.5. The van der Waals surface area contributed by atoms with Crippen molar-refractivity contribution in [1.29, 1.82) is 0 Å². The molecule has 0 unspecified atom stereocenters. The van der Waals surface area contributed by atoms with E-state index in [9.17, 15) is 4.79 Å². The fourth-order valence-corrected chi connectivity index (χ4v) is 4.46. The number of aromatic nitrogens is 2. The van der Waals surface area contributed by atoms with E-state index in [0.29, 0.717) is 18.4 Å². The maximum absolute atomic E-state index is 10.6. The van der Waals surface area contributed by atoms with Gasteiger partial charge in [-0.1, -0.05) is 42.5 Å². The van der Waals surface area contributed by atoms with Gasteiger partial charge in [-0.3, -0.25) is 4.68 Å². The molecule has 168 valence electrons. The molecule has 1 aromatic heterocycles. The quantitative estimate of drug-likeness (QED) is 0.505. The summed E-state index contributed by atoms with van der Waals surface area (Å²) < 4.78 is 12.7. The fourth-order valence-electron chi connectivity index (χ4n) is 4.46. The summed E-state index contributed by atoms with van der Waals surface area (Å²) in [7, 11) is 1.68. The Hall–Kier alpha value is -3.12. The molecule has 0 atom stereocenters. The number of benzene rings is 2. The van der Waals surface area contributed by atoms with Crippen LogP contribution in [0.2, 0.25) is 0 Å². The first-order valence-electron chi connectivity index (χ1n) is 11.2. The molecule has 3 aromatic rings. The zero-order valence-corrected chi connectivity index (χ0v) is 18.4. The monoisotopic (exact) mass is 434 g/mol. The molecule has 6 heteroatoms. The van der Waals surface area contributed by atoms with Gasteiger partial charge in [-0.25, -0.2) is 4.79 Å². The number of rotatable bonds is 9. The third kappa shape index (κ3) is 5.56. The van der Waals surface area contributed by atoms with Crippen molar-refractivity contribution in [2.24, 2.45) is 11.8 Å². The van der Waals surface area contributed by atoms with Gasteiger partial charge in [-0.15, -0.1) is 0 Å². The minimum atomic E-state index is -0.903. The summed E-state index contributed by atoms with van der Waals surface area (Å²) in [5.74, 6) is 0.960. The van der Waals surface area contributed by atoms with Crippen LogP contribution in [-0.4, -0.2) is 41.2 Å². The highest BCUT2D eigenvalue weighted by Gasteiger charge is 2.23. The number of carboxylic acids is 1. The smallest absolute Gasteiger partial charge is 0.329 e. The van der Waals surface area contributed by atoms with E-state index in [0.717, 1.165) is 60.4 Å². The van der Waals surface area contributed by atoms with E-state index in [1.807, 2.05) is 30.3 Å². The molecule has 1 aliphatic rings. The molecule has 4 rings (SSSR count). The Balaban J connectivity index is 1.46. The summed E-state index contributed by atoms with van der Waals surface area (Å²) >= 11 is 0. The van der Waals surface area contributed by atoms with Gasteiger partial charge in [-0.2, -0.15) is 5.10 Å². The lowest BCUT2D eigenvalue weighted by molar-refractivity contribution is -0.142. The van der Waals surface area contributed by atoms with Crippen molar-refractivity contribution in [3.63, 3.8) is 0 Å². The van der Waals surface area contributed by atoms with Crippen LogP contribution in [0.1, 0.15) is 25.7 Å². The van der Waals surface area contributed by atoms with E-state index in [1.165, 1.54) is 0 Å². The first-order valence-corrected chi connectivity index (χ1v) is 11.2. The number of ether oxygens (including phenoxy) is 2. The minimum absolute atomic E-state index is 0.205. The molecular weight excluding hydrogens is 404 g/mol. The topological polar surface area (TPSA) is 73.6 Å². The highest BCUT2D eigenvalue weighted by Crippen LogP contribution is 2.34. The first-order chi connectivity index (χ1) is 15.6. The molecule has 0 radical (unpaired) electrons. The zero-order chi connectivity index (χ0) is 22.3. The number of aliphatic carboxylic acids is 1. The van der Waals surface area contributed by atoms with Crippen LogP contribution in [0.15, 0.2) is 60.8 Å². The molecule has 0 spiro atoms. The van der Waals surface area contributed by atoms with E-state index < -0.39 is 5.97 Å². The van der Waals surface area contributed by atoms with Gasteiger partial charge in [0.05, 0.1) is 13.7 Å². The van der Waals surface area contributed by atoms with Crippen LogP contribution in [0, 0.1) is 11.8 Å². The molecule has 1 heterocycles. The molecule has 0 saturated heterocycles. The molecule has 1 aliphatic carbocycles. The average molecular weight is 435 g/mol. The van der Waals surface area contributed by atoms with E-state index in [1.54, 1.807) is 7.11 Å². The molecule has 2 aromatic carbocycles. The Morgan fingerprint density at radius 1 is 1.00 bits per heavy atom. The van der Waals surface area contributed by atoms with Crippen LogP contribution in [0.5, 0.6) is 5.75 Å². The summed E-state index contributed by atoms with van der Waals surface area (Å²) in [5.41, 5.74) is 4.34. The zero-order valence-electron chi connectivity index (χ0n) is 18.4. The summed E-state index contributed by atoms with van der Waals surface area (Å²) in [6.45, 7) is 1.23. The second-order valence-corrected chi connectivity index (χ2v) is 8.50. The predicted molar refractivity (Wildman–Crippen MR) is 124 cm³/mol. The Bertz CT molecular complexity index is 1010. The van der Waals surface area contributed by atoms with Crippen molar-refractivity contribution in [2.75, 3.05) is 20.3 Å². The van der Waals surface area contributed by atoms with Crippen LogP contribution >= 0.6 is 0 Å². The molecule has 32 heavy (non-hydrogen) atoms. The molecule has 1 fully saturated rings. The Morgan fingerprint density at radius 3 is 2.34 bits per heavy atom.